The van der Waals surface area contributed by atoms with E-state index in [2.05, 4.69) is 11.9 Å². The van der Waals surface area contributed by atoms with E-state index in [0.29, 0.717) is 22.2 Å². The number of halogens is 2. The second-order valence-electron chi connectivity index (χ2n) is 12.4. The first-order valence-electron chi connectivity index (χ1n) is 17.1. The van der Waals surface area contributed by atoms with Crippen LogP contribution in [0.15, 0.2) is 41.3 Å². The summed E-state index contributed by atoms with van der Waals surface area (Å²) < 4.78 is 72.5. The van der Waals surface area contributed by atoms with E-state index in [1.165, 1.54) is 63.9 Å². The first kappa shape index (κ1) is 37.2. The highest BCUT2D eigenvalue weighted by atomic mass is 31.2. The fraction of sp³-hybridized carbons (Fsp3) is 0.676. The molecule has 0 amide bonds. The number of phosphoric acid groups is 1. The Labute approximate surface area is 276 Å². The van der Waals surface area contributed by atoms with Gasteiger partial charge in [0.1, 0.15) is 11.9 Å². The number of aryl methyl sites for hydroxylation is 1. The lowest BCUT2D eigenvalue weighted by molar-refractivity contribution is -0.176. The standard InChI is InChI=1S/C34H49F2N2O8P/c1-3-4-5-6-7-8-9-10-11-12-13-14-15-16-21-30(39)45-31-29(25-43-47(41)42-24-27-19-17-18-20-28(27)46-47)44-32(34(31,35)36)38-23-22-26(2)37-33(38)40/h17-20,22-23,29,31-32H,3-16,21,24-25H2,1-2H3/t29-,31?,32-,47?/m1/s1. The van der Waals surface area contributed by atoms with Crippen molar-refractivity contribution in [1.29, 1.82) is 0 Å². The third-order valence-corrected chi connectivity index (χ3v) is 9.85. The maximum absolute atomic E-state index is 15.8. The summed E-state index contributed by atoms with van der Waals surface area (Å²) in [6.45, 7) is 3.00. The number of esters is 1. The summed E-state index contributed by atoms with van der Waals surface area (Å²) in [7, 11) is -4.20. The number of carbonyl (C=O) groups is 1. The maximum Gasteiger partial charge on any atom is 0.530 e. The summed E-state index contributed by atoms with van der Waals surface area (Å²) in [5.74, 6) is -4.37. The first-order valence-corrected chi connectivity index (χ1v) is 18.5. The molecule has 3 heterocycles. The Morgan fingerprint density at radius 3 is 2.23 bits per heavy atom. The number of nitrogens with zero attached hydrogens (tertiary/aromatic N) is 2. The van der Waals surface area contributed by atoms with E-state index in [0.717, 1.165) is 31.9 Å². The van der Waals surface area contributed by atoms with Crippen molar-refractivity contribution in [1.82, 2.24) is 9.55 Å². The van der Waals surface area contributed by atoms with Crippen LogP contribution in [-0.2, 0) is 34.5 Å². The SMILES string of the molecule is CCCCCCCCCCCCCCCCC(=O)OC1[C@@H](COP2(=O)OCc3ccccc3O2)O[C@@H](n2ccc(C)nc2=O)C1(F)F. The predicted octanol–water partition coefficient (Wildman–Crippen LogP) is 8.60. The molecule has 0 spiro atoms. The molecular weight excluding hydrogens is 633 g/mol. The van der Waals surface area contributed by atoms with Crippen LogP contribution in [0.1, 0.15) is 121 Å². The smallest absolute Gasteiger partial charge is 0.453 e. The van der Waals surface area contributed by atoms with Gasteiger partial charge in [-0.25, -0.2) is 9.36 Å². The number of aromatic nitrogens is 2. The quantitative estimate of drug-likeness (QED) is 0.0769. The molecule has 10 nitrogen and oxygen atoms in total. The fourth-order valence-corrected chi connectivity index (χ4v) is 7.05. The third-order valence-electron chi connectivity index (χ3n) is 8.52. The highest BCUT2D eigenvalue weighted by Crippen LogP contribution is 2.55. The normalized spacial score (nSPS) is 23.3. The number of ether oxygens (including phenoxy) is 2. The van der Waals surface area contributed by atoms with Crippen LogP contribution in [0.3, 0.4) is 0 Å². The molecule has 1 fully saturated rings. The van der Waals surface area contributed by atoms with Gasteiger partial charge in [-0.05, 0) is 25.5 Å². The summed E-state index contributed by atoms with van der Waals surface area (Å²) >= 11 is 0. The summed E-state index contributed by atoms with van der Waals surface area (Å²) in [6.07, 6.45) is 11.3. The van der Waals surface area contributed by atoms with Crippen molar-refractivity contribution in [2.45, 2.75) is 141 Å². The van der Waals surface area contributed by atoms with Crippen LogP contribution in [0.5, 0.6) is 5.75 Å². The predicted molar refractivity (Wildman–Crippen MR) is 172 cm³/mol. The van der Waals surface area contributed by atoms with Crippen LogP contribution < -0.4 is 10.2 Å². The maximum atomic E-state index is 15.8. The van der Waals surface area contributed by atoms with Gasteiger partial charge in [0.2, 0.25) is 6.23 Å². The summed E-state index contributed by atoms with van der Waals surface area (Å²) in [6, 6.07) is 8.14. The van der Waals surface area contributed by atoms with Crippen molar-refractivity contribution in [3.63, 3.8) is 0 Å². The second-order valence-corrected chi connectivity index (χ2v) is 14.0. The molecule has 0 bridgehead atoms. The highest BCUT2D eigenvalue weighted by molar-refractivity contribution is 7.49. The van der Waals surface area contributed by atoms with Gasteiger partial charge in [0.05, 0.1) is 13.2 Å². The number of alkyl halides is 2. The Balaban J connectivity index is 1.26. The second kappa shape index (κ2) is 18.2. The van der Waals surface area contributed by atoms with Crippen LogP contribution in [-0.4, -0.2) is 40.3 Å². The molecule has 47 heavy (non-hydrogen) atoms. The van der Waals surface area contributed by atoms with E-state index in [-0.39, 0.29) is 18.8 Å². The topological polar surface area (TPSA) is 115 Å². The van der Waals surface area contributed by atoms with Gasteiger partial charge < -0.3 is 14.0 Å². The van der Waals surface area contributed by atoms with E-state index in [1.807, 2.05) is 0 Å². The minimum absolute atomic E-state index is 0.0452. The largest absolute Gasteiger partial charge is 0.530 e. The van der Waals surface area contributed by atoms with Crippen molar-refractivity contribution in [3.05, 3.63) is 58.3 Å². The summed E-state index contributed by atoms with van der Waals surface area (Å²) in [4.78, 5) is 29.0. The van der Waals surface area contributed by atoms with Gasteiger partial charge in [0, 0.05) is 23.9 Å². The molecule has 2 unspecified atom stereocenters. The minimum atomic E-state index is -4.20. The lowest BCUT2D eigenvalue weighted by Crippen LogP contribution is -2.44. The molecule has 0 aliphatic carbocycles. The molecule has 1 aromatic heterocycles. The molecule has 2 aliphatic rings. The minimum Gasteiger partial charge on any atom is -0.453 e. The number of phosphoric ester groups is 1. The molecule has 2 aliphatic heterocycles. The lowest BCUT2D eigenvalue weighted by Gasteiger charge is -2.27. The summed E-state index contributed by atoms with van der Waals surface area (Å²) in [5, 5.41) is 0. The van der Waals surface area contributed by atoms with Gasteiger partial charge in [-0.2, -0.15) is 13.8 Å². The van der Waals surface area contributed by atoms with E-state index in [1.54, 1.807) is 31.2 Å². The van der Waals surface area contributed by atoms with Crippen LogP contribution >= 0.6 is 7.82 Å². The zero-order valence-electron chi connectivity index (χ0n) is 27.6. The molecule has 4 rings (SSSR count). The number of fused-ring (bicyclic) bond motifs is 1. The Morgan fingerprint density at radius 2 is 1.60 bits per heavy atom. The molecule has 4 atom stereocenters. The van der Waals surface area contributed by atoms with Gasteiger partial charge in [-0.1, -0.05) is 109 Å². The molecule has 1 saturated heterocycles. The highest BCUT2D eigenvalue weighted by Gasteiger charge is 2.63. The van der Waals surface area contributed by atoms with Crippen molar-refractivity contribution in [3.8, 4) is 5.75 Å². The van der Waals surface area contributed by atoms with E-state index >= 15 is 8.78 Å². The van der Waals surface area contributed by atoms with Gasteiger partial charge in [-0.3, -0.25) is 18.4 Å². The van der Waals surface area contributed by atoms with E-state index in [4.69, 9.17) is 23.0 Å². The average molecular weight is 683 g/mol. The van der Waals surface area contributed by atoms with Gasteiger partial charge in [0.15, 0.2) is 6.10 Å². The molecule has 13 heteroatoms. The van der Waals surface area contributed by atoms with Crippen molar-refractivity contribution >= 4 is 13.8 Å². The Morgan fingerprint density at radius 1 is 0.979 bits per heavy atom. The van der Waals surface area contributed by atoms with Gasteiger partial charge in [0.25, 0.3) is 0 Å². The van der Waals surface area contributed by atoms with E-state index < -0.39 is 50.4 Å². The Hall–Kier alpha value is -2.66. The van der Waals surface area contributed by atoms with E-state index in [9.17, 15) is 14.2 Å². The molecular formula is C34H49F2N2O8P. The van der Waals surface area contributed by atoms with Crippen LogP contribution in [0.4, 0.5) is 8.78 Å². The number of hydrogen-bond acceptors (Lipinski definition) is 9. The van der Waals surface area contributed by atoms with Crippen molar-refractivity contribution in [2.75, 3.05) is 6.61 Å². The average Bonchev–Trinajstić information content (AvgIpc) is 3.28. The first-order chi connectivity index (χ1) is 22.6. The third kappa shape index (κ3) is 10.9. The number of benzene rings is 1. The Bertz CT molecular complexity index is 1390. The Kier molecular flexibility index (Phi) is 14.4. The number of para-hydroxylation sites is 1. The van der Waals surface area contributed by atoms with Crippen molar-refractivity contribution in [2.24, 2.45) is 0 Å². The van der Waals surface area contributed by atoms with Crippen molar-refractivity contribution < 1.29 is 41.2 Å². The summed E-state index contributed by atoms with van der Waals surface area (Å²) in [5.41, 5.74) is 0.0356. The number of unbranched alkanes of at least 4 members (excludes halogenated alkanes) is 13. The van der Waals surface area contributed by atoms with Gasteiger partial charge >= 0.3 is 25.4 Å². The number of carbonyl (C=O) groups excluding carboxylic acids is 1. The van der Waals surface area contributed by atoms with Crippen LogP contribution in [0, 0.1) is 6.92 Å². The van der Waals surface area contributed by atoms with Crippen LogP contribution in [0.2, 0.25) is 0 Å². The van der Waals surface area contributed by atoms with Gasteiger partial charge in [-0.15, -0.1) is 0 Å². The molecule has 0 radical (unpaired) electrons. The molecule has 2 aromatic rings. The fourth-order valence-electron chi connectivity index (χ4n) is 5.82. The lowest BCUT2D eigenvalue weighted by atomic mass is 10.0. The van der Waals surface area contributed by atoms with Crippen LogP contribution in [0.25, 0.3) is 0 Å². The molecule has 1 aromatic carbocycles. The molecule has 0 saturated carbocycles. The zero-order chi connectivity index (χ0) is 33.7. The zero-order valence-corrected chi connectivity index (χ0v) is 28.5. The number of rotatable bonds is 20. The number of hydrogen-bond donors (Lipinski definition) is 0. The molecule has 0 N–H and O–H groups in total. The monoisotopic (exact) mass is 682 g/mol. The molecule has 262 valence electrons.